The number of aromatic nitrogens is 1. The fourth-order valence-electron chi connectivity index (χ4n) is 2.62. The zero-order valence-corrected chi connectivity index (χ0v) is 14.1. The van der Waals surface area contributed by atoms with E-state index in [9.17, 15) is 9.59 Å². The number of ether oxygens (including phenoxy) is 1. The maximum Gasteiger partial charge on any atom is 0.308 e. The highest BCUT2D eigenvalue weighted by atomic mass is 16.5. The molecule has 0 bridgehead atoms. The first-order valence-corrected chi connectivity index (χ1v) is 8.20. The minimum atomic E-state index is -0.907. The third kappa shape index (κ3) is 4.35. The molecule has 0 spiro atoms. The van der Waals surface area contributed by atoms with E-state index < -0.39 is 11.9 Å². The number of carbonyl (C=O) groups excluding carboxylic acids is 1. The summed E-state index contributed by atoms with van der Waals surface area (Å²) in [6, 6.07) is 7.44. The molecule has 0 fully saturated rings. The predicted molar refractivity (Wildman–Crippen MR) is 92.1 cm³/mol. The van der Waals surface area contributed by atoms with Gasteiger partial charge >= 0.3 is 5.97 Å². The second kappa shape index (κ2) is 8.49. The number of para-hydroxylation sites is 1. The summed E-state index contributed by atoms with van der Waals surface area (Å²) >= 11 is 0. The van der Waals surface area contributed by atoms with Crippen LogP contribution in [0, 0.1) is 5.92 Å². The zero-order valence-electron chi connectivity index (χ0n) is 14.1. The van der Waals surface area contributed by atoms with Crippen LogP contribution in [0.25, 0.3) is 10.9 Å². The Bertz CT molecular complexity index is 695. The molecule has 0 aliphatic carbocycles. The van der Waals surface area contributed by atoms with Crippen molar-refractivity contribution in [2.45, 2.75) is 20.3 Å². The van der Waals surface area contributed by atoms with Crippen molar-refractivity contribution in [1.82, 2.24) is 9.88 Å². The molecule has 130 valence electrons. The fraction of sp³-hybridized carbons (Fsp3) is 0.444. The van der Waals surface area contributed by atoms with Crippen molar-refractivity contribution in [2.75, 3.05) is 26.3 Å². The van der Waals surface area contributed by atoms with Crippen LogP contribution in [0.2, 0.25) is 0 Å². The number of H-pyrrole nitrogens is 1. The lowest BCUT2D eigenvalue weighted by molar-refractivity contribution is -0.141. The largest absolute Gasteiger partial charge is 0.481 e. The van der Waals surface area contributed by atoms with E-state index in [2.05, 4.69) is 4.98 Å². The number of rotatable bonds is 9. The lowest BCUT2D eigenvalue weighted by Crippen LogP contribution is -2.38. The summed E-state index contributed by atoms with van der Waals surface area (Å²) in [5.74, 6) is -1.69. The number of fused-ring (bicyclic) bond motifs is 1. The molecular formula is C18H24N2O4. The second-order valence-corrected chi connectivity index (χ2v) is 5.79. The molecule has 1 atom stereocenters. The van der Waals surface area contributed by atoms with E-state index in [0.29, 0.717) is 31.7 Å². The zero-order chi connectivity index (χ0) is 17.5. The Hall–Kier alpha value is -2.34. The molecule has 0 saturated carbocycles. The van der Waals surface area contributed by atoms with Crippen molar-refractivity contribution >= 4 is 22.8 Å². The maximum atomic E-state index is 13.0. The van der Waals surface area contributed by atoms with Crippen LogP contribution in [0.15, 0.2) is 30.5 Å². The van der Waals surface area contributed by atoms with Gasteiger partial charge < -0.3 is 19.7 Å². The first-order valence-electron chi connectivity index (χ1n) is 8.20. The lowest BCUT2D eigenvalue weighted by atomic mass is 10.1. The molecule has 2 rings (SSSR count). The molecule has 6 heteroatoms. The Labute approximate surface area is 141 Å². The van der Waals surface area contributed by atoms with E-state index >= 15 is 0 Å². The van der Waals surface area contributed by atoms with Crippen LogP contribution >= 0.6 is 0 Å². The van der Waals surface area contributed by atoms with Crippen LogP contribution < -0.4 is 0 Å². The average Bonchev–Trinajstić information content (AvgIpc) is 3.05. The Morgan fingerprint density at radius 3 is 2.83 bits per heavy atom. The van der Waals surface area contributed by atoms with Gasteiger partial charge in [0, 0.05) is 37.9 Å². The van der Waals surface area contributed by atoms with Gasteiger partial charge in [-0.3, -0.25) is 9.59 Å². The number of carbonyl (C=O) groups is 2. The van der Waals surface area contributed by atoms with Gasteiger partial charge in [0.1, 0.15) is 0 Å². The van der Waals surface area contributed by atoms with Gasteiger partial charge in [-0.2, -0.15) is 0 Å². The molecule has 24 heavy (non-hydrogen) atoms. The van der Waals surface area contributed by atoms with E-state index in [1.165, 1.54) is 0 Å². The average molecular weight is 332 g/mol. The summed E-state index contributed by atoms with van der Waals surface area (Å²) < 4.78 is 5.32. The standard InChI is InChI=1S/C18H24N2O4/c1-3-24-11-5-10-20(12-13(2)18(22)23)17(21)15-7-4-6-14-8-9-19-16(14)15/h4,6-9,13,19H,3,5,10-12H2,1-2H3,(H,22,23). The van der Waals surface area contributed by atoms with Gasteiger partial charge in [0.05, 0.1) is 17.0 Å². The number of nitrogens with zero attached hydrogens (tertiary/aromatic N) is 1. The summed E-state index contributed by atoms with van der Waals surface area (Å²) in [7, 11) is 0. The van der Waals surface area contributed by atoms with Crippen molar-refractivity contribution in [3.63, 3.8) is 0 Å². The number of aliphatic carboxylic acids is 1. The molecule has 2 aromatic rings. The molecule has 1 heterocycles. The molecule has 0 saturated heterocycles. The molecule has 0 aliphatic heterocycles. The highest BCUT2D eigenvalue weighted by Gasteiger charge is 2.23. The maximum absolute atomic E-state index is 13.0. The highest BCUT2D eigenvalue weighted by Crippen LogP contribution is 2.19. The van der Waals surface area contributed by atoms with Gasteiger partial charge in [-0.05, 0) is 25.5 Å². The number of hydrogen-bond acceptors (Lipinski definition) is 3. The van der Waals surface area contributed by atoms with Crippen LogP contribution in [0.5, 0.6) is 0 Å². The predicted octanol–water partition coefficient (Wildman–Crippen LogP) is 2.76. The summed E-state index contributed by atoms with van der Waals surface area (Å²) in [5, 5.41) is 10.1. The molecule has 6 nitrogen and oxygen atoms in total. The van der Waals surface area contributed by atoms with Gasteiger partial charge in [-0.15, -0.1) is 0 Å². The fourth-order valence-corrected chi connectivity index (χ4v) is 2.62. The first kappa shape index (κ1) is 18.0. The van der Waals surface area contributed by atoms with Crippen molar-refractivity contribution in [3.05, 3.63) is 36.0 Å². The molecule has 2 N–H and O–H groups in total. The van der Waals surface area contributed by atoms with E-state index in [1.54, 1.807) is 24.1 Å². The number of benzene rings is 1. The number of nitrogens with one attached hydrogen (secondary N) is 1. The van der Waals surface area contributed by atoms with E-state index in [-0.39, 0.29) is 12.5 Å². The summed E-state index contributed by atoms with van der Waals surface area (Å²) in [4.78, 5) is 28.8. The summed E-state index contributed by atoms with van der Waals surface area (Å²) in [6.45, 7) is 5.35. The third-order valence-electron chi connectivity index (χ3n) is 3.94. The molecule has 1 aromatic heterocycles. The summed E-state index contributed by atoms with van der Waals surface area (Å²) in [5.41, 5.74) is 1.34. The molecule has 0 radical (unpaired) electrons. The van der Waals surface area contributed by atoms with Crippen LogP contribution in [0.3, 0.4) is 0 Å². The number of carboxylic acids is 1. The third-order valence-corrected chi connectivity index (χ3v) is 3.94. The van der Waals surface area contributed by atoms with Gasteiger partial charge in [0.25, 0.3) is 5.91 Å². The number of carboxylic acid groups (broad SMARTS) is 1. The van der Waals surface area contributed by atoms with Crippen molar-refractivity contribution in [2.24, 2.45) is 5.92 Å². The SMILES string of the molecule is CCOCCCN(CC(C)C(=O)O)C(=O)c1cccc2cc[nH]c12. The number of aromatic amines is 1. The first-order chi connectivity index (χ1) is 11.5. The smallest absolute Gasteiger partial charge is 0.308 e. The van der Waals surface area contributed by atoms with Crippen LogP contribution in [-0.4, -0.2) is 53.2 Å². The summed E-state index contributed by atoms with van der Waals surface area (Å²) in [6.07, 6.45) is 2.47. The Kier molecular flexibility index (Phi) is 6.37. The molecule has 1 unspecified atom stereocenters. The van der Waals surface area contributed by atoms with Crippen molar-refractivity contribution in [1.29, 1.82) is 0 Å². The molecular weight excluding hydrogens is 308 g/mol. The van der Waals surface area contributed by atoms with Crippen LogP contribution in [-0.2, 0) is 9.53 Å². The molecule has 1 aromatic carbocycles. The molecule has 1 amide bonds. The lowest BCUT2D eigenvalue weighted by Gasteiger charge is -2.25. The Morgan fingerprint density at radius 1 is 1.33 bits per heavy atom. The topological polar surface area (TPSA) is 82.6 Å². The molecule has 0 aliphatic rings. The van der Waals surface area contributed by atoms with E-state index in [4.69, 9.17) is 9.84 Å². The van der Waals surface area contributed by atoms with E-state index in [0.717, 1.165) is 10.9 Å². The number of amides is 1. The van der Waals surface area contributed by atoms with Gasteiger partial charge in [0.2, 0.25) is 0 Å². The van der Waals surface area contributed by atoms with Crippen molar-refractivity contribution in [3.8, 4) is 0 Å². The van der Waals surface area contributed by atoms with Crippen LogP contribution in [0.1, 0.15) is 30.6 Å². The van der Waals surface area contributed by atoms with Gasteiger partial charge in [0.15, 0.2) is 0 Å². The Morgan fingerprint density at radius 2 is 2.12 bits per heavy atom. The monoisotopic (exact) mass is 332 g/mol. The minimum Gasteiger partial charge on any atom is -0.481 e. The highest BCUT2D eigenvalue weighted by molar-refractivity contribution is 6.05. The minimum absolute atomic E-state index is 0.160. The van der Waals surface area contributed by atoms with Crippen LogP contribution in [0.4, 0.5) is 0 Å². The van der Waals surface area contributed by atoms with Crippen molar-refractivity contribution < 1.29 is 19.4 Å². The normalized spacial score (nSPS) is 12.2. The Balaban J connectivity index is 2.19. The van der Waals surface area contributed by atoms with Gasteiger partial charge in [-0.25, -0.2) is 0 Å². The van der Waals surface area contributed by atoms with Gasteiger partial charge in [-0.1, -0.05) is 19.1 Å². The quantitative estimate of drug-likeness (QED) is 0.692. The number of hydrogen-bond donors (Lipinski definition) is 2. The second-order valence-electron chi connectivity index (χ2n) is 5.79. The van der Waals surface area contributed by atoms with E-state index in [1.807, 2.05) is 25.1 Å².